The van der Waals surface area contributed by atoms with Crippen LogP contribution in [-0.4, -0.2) is 26.8 Å². The van der Waals surface area contributed by atoms with Crippen LogP contribution < -0.4 is 5.32 Å². The highest BCUT2D eigenvalue weighted by Crippen LogP contribution is 2.18. The van der Waals surface area contributed by atoms with E-state index in [0.717, 1.165) is 17.8 Å². The van der Waals surface area contributed by atoms with Crippen LogP contribution in [0.1, 0.15) is 31.3 Å². The Morgan fingerprint density at radius 3 is 3.00 bits per heavy atom. The van der Waals surface area contributed by atoms with E-state index in [9.17, 15) is 4.79 Å². The van der Waals surface area contributed by atoms with E-state index in [2.05, 4.69) is 20.5 Å². The summed E-state index contributed by atoms with van der Waals surface area (Å²) in [7, 11) is 0. The second-order valence-electron chi connectivity index (χ2n) is 4.55. The first-order chi connectivity index (χ1) is 10.1. The molecule has 0 fully saturated rings. The van der Waals surface area contributed by atoms with Gasteiger partial charge >= 0.3 is 0 Å². The SMILES string of the molecule is CCc1nc(SCC(=O)NC(C)c2cccc(Cl)c2)n[nH]1. The van der Waals surface area contributed by atoms with Crippen molar-refractivity contribution in [3.05, 3.63) is 40.7 Å². The molecule has 0 spiro atoms. The quantitative estimate of drug-likeness (QED) is 0.801. The molecule has 2 N–H and O–H groups in total. The fourth-order valence-electron chi connectivity index (χ4n) is 1.77. The molecule has 1 aromatic heterocycles. The fourth-order valence-corrected chi connectivity index (χ4v) is 2.60. The molecule has 0 aliphatic rings. The second kappa shape index (κ2) is 7.47. The number of rotatable bonds is 6. The molecule has 5 nitrogen and oxygen atoms in total. The number of hydrogen-bond donors (Lipinski definition) is 2. The van der Waals surface area contributed by atoms with E-state index in [1.165, 1.54) is 11.8 Å². The van der Waals surface area contributed by atoms with E-state index < -0.39 is 0 Å². The molecule has 0 aliphatic heterocycles. The zero-order valence-corrected chi connectivity index (χ0v) is 13.5. The molecule has 2 aromatic rings. The van der Waals surface area contributed by atoms with Crippen LogP contribution in [0.4, 0.5) is 0 Å². The number of aryl methyl sites for hydroxylation is 1. The van der Waals surface area contributed by atoms with Crippen LogP contribution in [0.2, 0.25) is 5.02 Å². The average Bonchev–Trinajstić information content (AvgIpc) is 2.93. The number of hydrogen-bond acceptors (Lipinski definition) is 4. The number of amides is 1. The summed E-state index contributed by atoms with van der Waals surface area (Å²) in [6.45, 7) is 3.92. The summed E-state index contributed by atoms with van der Waals surface area (Å²) < 4.78 is 0. The summed E-state index contributed by atoms with van der Waals surface area (Å²) in [4.78, 5) is 16.2. The molecule has 7 heteroatoms. The van der Waals surface area contributed by atoms with Crippen LogP contribution in [-0.2, 0) is 11.2 Å². The van der Waals surface area contributed by atoms with E-state index >= 15 is 0 Å². The Morgan fingerprint density at radius 1 is 1.52 bits per heavy atom. The van der Waals surface area contributed by atoms with Crippen LogP contribution in [0.3, 0.4) is 0 Å². The van der Waals surface area contributed by atoms with Crippen LogP contribution in [0, 0.1) is 0 Å². The normalized spacial score (nSPS) is 12.1. The van der Waals surface area contributed by atoms with Crippen molar-refractivity contribution in [2.75, 3.05) is 5.75 Å². The summed E-state index contributed by atoms with van der Waals surface area (Å²) in [5, 5.41) is 11.0. The van der Waals surface area contributed by atoms with E-state index in [0.29, 0.717) is 10.2 Å². The molecule has 112 valence electrons. The highest BCUT2D eigenvalue weighted by atomic mass is 35.5. The summed E-state index contributed by atoms with van der Waals surface area (Å²) in [6.07, 6.45) is 0.797. The number of carbonyl (C=O) groups is 1. The van der Waals surface area contributed by atoms with Crippen molar-refractivity contribution in [2.24, 2.45) is 0 Å². The lowest BCUT2D eigenvalue weighted by Crippen LogP contribution is -2.28. The van der Waals surface area contributed by atoms with Crippen LogP contribution >= 0.6 is 23.4 Å². The van der Waals surface area contributed by atoms with Gasteiger partial charge in [-0.05, 0) is 24.6 Å². The highest BCUT2D eigenvalue weighted by Gasteiger charge is 2.11. The summed E-state index contributed by atoms with van der Waals surface area (Å²) in [5.41, 5.74) is 0.979. The van der Waals surface area contributed by atoms with Crippen molar-refractivity contribution in [3.63, 3.8) is 0 Å². The van der Waals surface area contributed by atoms with Gasteiger partial charge in [0.25, 0.3) is 0 Å². The first-order valence-corrected chi connectivity index (χ1v) is 8.03. The summed E-state index contributed by atoms with van der Waals surface area (Å²) >= 11 is 7.26. The van der Waals surface area contributed by atoms with Gasteiger partial charge in [-0.25, -0.2) is 4.98 Å². The lowest BCUT2D eigenvalue weighted by atomic mass is 10.1. The zero-order valence-electron chi connectivity index (χ0n) is 11.9. The third-order valence-corrected chi connectivity index (χ3v) is 3.99. The lowest BCUT2D eigenvalue weighted by Gasteiger charge is -2.14. The standard InChI is InChI=1S/C14H17ClN4OS/c1-3-12-17-14(19-18-12)21-8-13(20)16-9(2)10-5-4-6-11(15)7-10/h4-7,9H,3,8H2,1-2H3,(H,16,20)(H,17,18,19). The van der Waals surface area contributed by atoms with Crippen molar-refractivity contribution >= 4 is 29.3 Å². The highest BCUT2D eigenvalue weighted by molar-refractivity contribution is 7.99. The molecule has 0 radical (unpaired) electrons. The molecule has 0 saturated carbocycles. The number of nitrogens with one attached hydrogen (secondary N) is 2. The van der Waals surface area contributed by atoms with Gasteiger partial charge in [-0.1, -0.05) is 42.4 Å². The molecular weight excluding hydrogens is 308 g/mol. The van der Waals surface area contributed by atoms with Crippen LogP contribution in [0.25, 0.3) is 0 Å². The number of carbonyl (C=O) groups excluding carboxylic acids is 1. The molecule has 2 rings (SSSR count). The first kappa shape index (κ1) is 15.9. The van der Waals surface area contributed by atoms with Gasteiger partial charge in [0.1, 0.15) is 5.82 Å². The molecule has 1 aromatic carbocycles. The minimum absolute atomic E-state index is 0.0599. The summed E-state index contributed by atoms with van der Waals surface area (Å²) in [5.74, 6) is 1.05. The Labute approximate surface area is 132 Å². The number of thioether (sulfide) groups is 1. The minimum Gasteiger partial charge on any atom is -0.349 e. The Morgan fingerprint density at radius 2 is 2.33 bits per heavy atom. The van der Waals surface area contributed by atoms with Gasteiger partial charge in [0.15, 0.2) is 0 Å². The monoisotopic (exact) mass is 324 g/mol. The van der Waals surface area contributed by atoms with Gasteiger partial charge in [-0.2, -0.15) is 0 Å². The van der Waals surface area contributed by atoms with Gasteiger partial charge in [0.05, 0.1) is 11.8 Å². The average molecular weight is 325 g/mol. The Balaban J connectivity index is 1.84. The van der Waals surface area contributed by atoms with Gasteiger partial charge < -0.3 is 5.32 Å². The van der Waals surface area contributed by atoms with E-state index in [1.807, 2.05) is 38.1 Å². The molecule has 1 amide bonds. The third kappa shape index (κ3) is 4.75. The molecule has 21 heavy (non-hydrogen) atoms. The number of halogens is 1. The predicted octanol–water partition coefficient (Wildman–Crippen LogP) is 2.99. The topological polar surface area (TPSA) is 70.7 Å². The third-order valence-electron chi connectivity index (χ3n) is 2.90. The fraction of sp³-hybridized carbons (Fsp3) is 0.357. The number of H-pyrrole nitrogens is 1. The first-order valence-electron chi connectivity index (χ1n) is 6.67. The minimum atomic E-state index is -0.0878. The molecule has 0 saturated heterocycles. The second-order valence-corrected chi connectivity index (χ2v) is 5.93. The van der Waals surface area contributed by atoms with Crippen molar-refractivity contribution < 1.29 is 4.79 Å². The number of aromatic nitrogens is 3. The molecule has 0 bridgehead atoms. The zero-order chi connectivity index (χ0) is 15.2. The Hall–Kier alpha value is -1.53. The maximum atomic E-state index is 11.9. The number of nitrogens with zero attached hydrogens (tertiary/aromatic N) is 2. The van der Waals surface area contributed by atoms with Gasteiger partial charge in [-0.15, -0.1) is 5.10 Å². The number of aromatic amines is 1. The molecule has 0 aliphatic carbocycles. The maximum absolute atomic E-state index is 11.9. The Bertz CT molecular complexity index is 617. The lowest BCUT2D eigenvalue weighted by molar-refractivity contribution is -0.119. The number of benzene rings is 1. The largest absolute Gasteiger partial charge is 0.349 e. The van der Waals surface area contributed by atoms with Crippen LogP contribution in [0.15, 0.2) is 29.4 Å². The van der Waals surface area contributed by atoms with E-state index in [-0.39, 0.29) is 17.7 Å². The maximum Gasteiger partial charge on any atom is 0.230 e. The van der Waals surface area contributed by atoms with E-state index in [1.54, 1.807) is 0 Å². The molecular formula is C14H17ClN4OS. The Kier molecular flexibility index (Phi) is 5.64. The smallest absolute Gasteiger partial charge is 0.230 e. The molecule has 1 atom stereocenters. The van der Waals surface area contributed by atoms with Gasteiger partial charge in [0, 0.05) is 11.4 Å². The van der Waals surface area contributed by atoms with Gasteiger partial charge in [-0.3, -0.25) is 9.89 Å². The van der Waals surface area contributed by atoms with E-state index in [4.69, 9.17) is 11.6 Å². The molecule has 1 heterocycles. The van der Waals surface area contributed by atoms with Crippen molar-refractivity contribution in [1.82, 2.24) is 20.5 Å². The van der Waals surface area contributed by atoms with Crippen molar-refractivity contribution in [2.45, 2.75) is 31.5 Å². The summed E-state index contributed by atoms with van der Waals surface area (Å²) in [6, 6.07) is 7.38. The van der Waals surface area contributed by atoms with Crippen molar-refractivity contribution in [3.8, 4) is 0 Å². The molecule has 1 unspecified atom stereocenters. The van der Waals surface area contributed by atoms with Crippen molar-refractivity contribution in [1.29, 1.82) is 0 Å². The van der Waals surface area contributed by atoms with Crippen LogP contribution in [0.5, 0.6) is 0 Å². The predicted molar refractivity (Wildman–Crippen MR) is 84.5 cm³/mol. The van der Waals surface area contributed by atoms with Gasteiger partial charge in [0.2, 0.25) is 11.1 Å².